The van der Waals surface area contributed by atoms with Gasteiger partial charge in [-0.3, -0.25) is 4.57 Å². The van der Waals surface area contributed by atoms with Gasteiger partial charge in [-0.1, -0.05) is 75.7 Å². The second kappa shape index (κ2) is 8.57. The van der Waals surface area contributed by atoms with Gasteiger partial charge in [0.1, 0.15) is 5.75 Å². The van der Waals surface area contributed by atoms with Crippen molar-refractivity contribution in [1.29, 1.82) is 0 Å². The Morgan fingerprint density at radius 1 is 0.967 bits per heavy atom. The number of hydrogen-bond acceptors (Lipinski definition) is 3. The molecule has 3 aromatic carbocycles. The third-order valence-electron chi connectivity index (χ3n) is 6.51. The van der Waals surface area contributed by atoms with Gasteiger partial charge in [0, 0.05) is 5.30 Å². The number of fused-ring (bicyclic) bond motifs is 1. The first-order chi connectivity index (χ1) is 14.4. The molecule has 1 N–H and O–H groups in total. The van der Waals surface area contributed by atoms with Gasteiger partial charge in [-0.2, -0.15) is 0 Å². The van der Waals surface area contributed by atoms with Crippen LogP contribution in [0, 0.1) is 17.8 Å². The fourth-order valence-electron chi connectivity index (χ4n) is 4.85. The van der Waals surface area contributed by atoms with Gasteiger partial charge in [-0.25, -0.2) is 0 Å². The van der Waals surface area contributed by atoms with Crippen LogP contribution < -0.4 is 10.6 Å². The monoisotopic (exact) mass is 422 g/mol. The Balaban J connectivity index is 1.90. The average molecular weight is 423 g/mol. The lowest BCUT2D eigenvalue weighted by Gasteiger charge is -2.39. The van der Waals surface area contributed by atoms with Crippen molar-refractivity contribution in [3.05, 3.63) is 66.7 Å². The van der Waals surface area contributed by atoms with Crippen LogP contribution in [-0.4, -0.2) is 11.2 Å². The van der Waals surface area contributed by atoms with Crippen LogP contribution in [0.3, 0.4) is 0 Å². The summed E-state index contributed by atoms with van der Waals surface area (Å²) in [6, 6.07) is 20.7. The normalized spacial score (nSPS) is 24.1. The molecule has 0 unspecified atom stereocenters. The lowest BCUT2D eigenvalue weighted by atomic mass is 9.75. The highest BCUT2D eigenvalue weighted by Gasteiger charge is 2.40. The Bertz CT molecular complexity index is 1060. The second-order valence-corrected chi connectivity index (χ2v) is 11.3. The van der Waals surface area contributed by atoms with E-state index < -0.39 is 7.37 Å². The summed E-state index contributed by atoms with van der Waals surface area (Å²) in [6.45, 7) is 6.69. The molecule has 3 aromatic rings. The minimum Gasteiger partial charge on any atom is -0.507 e. The van der Waals surface area contributed by atoms with Gasteiger partial charge in [-0.05, 0) is 59.6 Å². The molecule has 1 saturated carbocycles. The molecule has 0 aromatic heterocycles. The van der Waals surface area contributed by atoms with Gasteiger partial charge in [0.05, 0.1) is 11.4 Å². The van der Waals surface area contributed by atoms with Crippen molar-refractivity contribution >= 4 is 28.8 Å². The van der Waals surface area contributed by atoms with E-state index in [0.717, 1.165) is 23.6 Å². The predicted octanol–water partition coefficient (Wildman–Crippen LogP) is 6.25. The fraction of sp³-hybridized carbons (Fsp3) is 0.385. The minimum atomic E-state index is -3.53. The molecule has 30 heavy (non-hydrogen) atoms. The standard InChI is InChI=1S/C26H31O3P/c1-18(2)22-15-13-19(3)17-25(22)29-30(28,21-10-5-4-6-11-21)26-23-12-8-7-9-20(23)14-16-24(26)27/h4-12,14,16,18-19,22,25,27H,13,15,17H2,1-3H3/t19-,22+,25-,30+/m1/s1. The number of phenols is 1. The maximum Gasteiger partial charge on any atom is 0.265 e. The van der Waals surface area contributed by atoms with E-state index in [1.54, 1.807) is 6.07 Å². The van der Waals surface area contributed by atoms with Crippen LogP contribution in [0.2, 0.25) is 0 Å². The average Bonchev–Trinajstić information content (AvgIpc) is 2.74. The molecule has 0 radical (unpaired) electrons. The largest absolute Gasteiger partial charge is 0.507 e. The van der Waals surface area contributed by atoms with Crippen molar-refractivity contribution in [2.45, 2.75) is 46.1 Å². The summed E-state index contributed by atoms with van der Waals surface area (Å²) in [4.78, 5) is 0. The van der Waals surface area contributed by atoms with Gasteiger partial charge >= 0.3 is 0 Å². The quantitative estimate of drug-likeness (QED) is 0.494. The fourth-order valence-corrected chi connectivity index (χ4v) is 7.42. The summed E-state index contributed by atoms with van der Waals surface area (Å²) in [6.07, 6.45) is 3.06. The first-order valence-corrected chi connectivity index (χ1v) is 12.6. The van der Waals surface area contributed by atoms with E-state index in [9.17, 15) is 9.67 Å². The van der Waals surface area contributed by atoms with E-state index in [4.69, 9.17) is 4.52 Å². The van der Waals surface area contributed by atoms with E-state index >= 15 is 0 Å². The summed E-state index contributed by atoms with van der Waals surface area (Å²) in [7, 11) is -3.53. The van der Waals surface area contributed by atoms with Crippen LogP contribution in [0.5, 0.6) is 5.75 Å². The van der Waals surface area contributed by atoms with Crippen LogP contribution in [0.1, 0.15) is 40.0 Å². The molecule has 4 atom stereocenters. The Morgan fingerprint density at radius 2 is 1.67 bits per heavy atom. The highest BCUT2D eigenvalue weighted by Crippen LogP contribution is 2.53. The second-order valence-electron chi connectivity index (χ2n) is 9.01. The molecule has 0 heterocycles. The summed E-state index contributed by atoms with van der Waals surface area (Å²) in [5.74, 6) is 1.38. The summed E-state index contributed by atoms with van der Waals surface area (Å²) >= 11 is 0. The van der Waals surface area contributed by atoms with Crippen LogP contribution in [0.15, 0.2) is 66.7 Å². The summed E-state index contributed by atoms with van der Waals surface area (Å²) in [5.41, 5.74) is 0. The summed E-state index contributed by atoms with van der Waals surface area (Å²) < 4.78 is 21.5. The first kappa shape index (κ1) is 21.2. The molecule has 0 aliphatic heterocycles. The van der Waals surface area contributed by atoms with Gasteiger partial charge in [-0.15, -0.1) is 0 Å². The maximum atomic E-state index is 14.8. The van der Waals surface area contributed by atoms with Gasteiger partial charge in [0.25, 0.3) is 7.37 Å². The zero-order valence-electron chi connectivity index (χ0n) is 18.0. The van der Waals surface area contributed by atoms with Crippen molar-refractivity contribution in [2.75, 3.05) is 0 Å². The lowest BCUT2D eigenvalue weighted by molar-refractivity contribution is 0.0514. The molecule has 1 aliphatic carbocycles. The molecule has 0 bridgehead atoms. The van der Waals surface area contributed by atoms with Gasteiger partial charge in [0.2, 0.25) is 0 Å². The van der Waals surface area contributed by atoms with Crippen molar-refractivity contribution in [3.63, 3.8) is 0 Å². The van der Waals surface area contributed by atoms with E-state index in [1.807, 2.05) is 60.7 Å². The van der Waals surface area contributed by atoms with E-state index in [1.165, 1.54) is 6.42 Å². The molecule has 1 aliphatic rings. The molecule has 0 saturated heterocycles. The minimum absolute atomic E-state index is 0.0332. The number of phenolic OH excluding ortho intramolecular Hbond substituents is 1. The zero-order valence-corrected chi connectivity index (χ0v) is 18.9. The Kier molecular flexibility index (Phi) is 6.04. The number of hydrogen-bond donors (Lipinski definition) is 1. The Labute approximate surface area is 179 Å². The van der Waals surface area contributed by atoms with Gasteiger partial charge < -0.3 is 9.63 Å². The molecule has 4 heteroatoms. The number of aromatic hydroxyl groups is 1. The molecule has 4 rings (SSSR count). The highest BCUT2D eigenvalue weighted by atomic mass is 31.2. The molecular weight excluding hydrogens is 391 g/mol. The third-order valence-corrected chi connectivity index (χ3v) is 9.12. The van der Waals surface area contributed by atoms with Gasteiger partial charge in [0.15, 0.2) is 0 Å². The first-order valence-electron chi connectivity index (χ1n) is 11.0. The topological polar surface area (TPSA) is 46.5 Å². The number of rotatable bonds is 5. The Morgan fingerprint density at radius 3 is 2.40 bits per heavy atom. The SMILES string of the molecule is CC(C)[C@@H]1CC[C@@H](C)C[C@H]1O[P@@](=O)(c1ccccc1)c1c(O)ccc2ccccc12. The van der Waals surface area contributed by atoms with E-state index in [0.29, 0.717) is 28.4 Å². The molecule has 158 valence electrons. The van der Waals surface area contributed by atoms with E-state index in [-0.39, 0.29) is 11.9 Å². The highest BCUT2D eigenvalue weighted by molar-refractivity contribution is 7.75. The summed E-state index contributed by atoms with van der Waals surface area (Å²) in [5, 5.41) is 13.7. The predicted molar refractivity (Wildman–Crippen MR) is 125 cm³/mol. The molecule has 1 fully saturated rings. The van der Waals surface area contributed by atoms with Crippen molar-refractivity contribution in [1.82, 2.24) is 0 Å². The maximum absolute atomic E-state index is 14.8. The van der Waals surface area contributed by atoms with Crippen LogP contribution in [0.25, 0.3) is 10.8 Å². The molecule has 0 amide bonds. The number of benzene rings is 3. The molecule has 0 spiro atoms. The molecule has 3 nitrogen and oxygen atoms in total. The smallest absolute Gasteiger partial charge is 0.265 e. The molecular formula is C26H31O3P. The lowest BCUT2D eigenvalue weighted by Crippen LogP contribution is -2.36. The van der Waals surface area contributed by atoms with Crippen LogP contribution in [0.4, 0.5) is 0 Å². The van der Waals surface area contributed by atoms with Crippen molar-refractivity contribution in [2.24, 2.45) is 17.8 Å². The third kappa shape index (κ3) is 3.94. The van der Waals surface area contributed by atoms with Crippen molar-refractivity contribution < 1.29 is 14.2 Å². The van der Waals surface area contributed by atoms with Crippen molar-refractivity contribution in [3.8, 4) is 5.75 Å². The zero-order chi connectivity index (χ0) is 21.3. The Hall–Kier alpha value is -2.09. The van der Waals surface area contributed by atoms with E-state index in [2.05, 4.69) is 20.8 Å². The van der Waals surface area contributed by atoms with Crippen LogP contribution >= 0.6 is 7.37 Å². The van der Waals surface area contributed by atoms with Crippen LogP contribution in [-0.2, 0) is 9.09 Å².